The normalized spacial score (nSPS) is 16.6. The van der Waals surface area contributed by atoms with Gasteiger partial charge >= 0.3 is 0 Å². The summed E-state index contributed by atoms with van der Waals surface area (Å²) in [5.74, 6) is 1.12. The van der Waals surface area contributed by atoms with Gasteiger partial charge in [-0.15, -0.1) is 0 Å². The highest BCUT2D eigenvalue weighted by Crippen LogP contribution is 2.37. The third-order valence-corrected chi connectivity index (χ3v) is 5.64. The molecule has 2 heterocycles. The molecule has 2 amide bonds. The van der Waals surface area contributed by atoms with E-state index in [0.717, 1.165) is 5.56 Å². The third kappa shape index (κ3) is 4.01. The zero-order chi connectivity index (χ0) is 22.7. The lowest BCUT2D eigenvalue weighted by Gasteiger charge is -2.29. The van der Waals surface area contributed by atoms with E-state index in [9.17, 15) is 9.59 Å². The molecule has 1 fully saturated rings. The maximum Gasteiger partial charge on any atom is 0.278 e. The van der Waals surface area contributed by atoms with E-state index in [1.165, 1.54) is 12.0 Å². The van der Waals surface area contributed by atoms with Crippen LogP contribution in [0.1, 0.15) is 11.1 Å². The second kappa shape index (κ2) is 9.32. The van der Waals surface area contributed by atoms with Crippen molar-refractivity contribution in [3.8, 4) is 17.2 Å². The number of benzene rings is 2. The maximum atomic E-state index is 13.5. The zero-order valence-corrected chi connectivity index (χ0v) is 18.4. The number of rotatable bonds is 7. The Morgan fingerprint density at radius 2 is 1.53 bits per heavy atom. The summed E-state index contributed by atoms with van der Waals surface area (Å²) >= 11 is 0. The third-order valence-electron chi connectivity index (χ3n) is 5.64. The molecule has 168 valence electrons. The zero-order valence-electron chi connectivity index (χ0n) is 18.4. The molecule has 0 N–H and O–H groups in total. The molecular weight excluding hydrogens is 412 g/mol. The van der Waals surface area contributed by atoms with Crippen LogP contribution in [0.25, 0.3) is 5.57 Å². The average molecular weight is 438 g/mol. The molecule has 2 aliphatic rings. The predicted octanol–water partition coefficient (Wildman–Crippen LogP) is 2.32. The highest BCUT2D eigenvalue weighted by atomic mass is 16.5. The van der Waals surface area contributed by atoms with E-state index in [1.54, 1.807) is 32.4 Å². The van der Waals surface area contributed by atoms with Crippen LogP contribution in [0.5, 0.6) is 17.2 Å². The molecule has 0 aliphatic carbocycles. The molecule has 1 saturated heterocycles. The van der Waals surface area contributed by atoms with Gasteiger partial charge in [0, 0.05) is 13.1 Å². The smallest absolute Gasteiger partial charge is 0.278 e. The molecule has 8 heteroatoms. The summed E-state index contributed by atoms with van der Waals surface area (Å²) in [5, 5.41) is 0. The quantitative estimate of drug-likeness (QED) is 0.614. The lowest BCUT2D eigenvalue weighted by atomic mass is 10.0. The van der Waals surface area contributed by atoms with Gasteiger partial charge in [-0.1, -0.05) is 18.2 Å². The van der Waals surface area contributed by atoms with E-state index in [4.69, 9.17) is 18.9 Å². The molecule has 0 aromatic heterocycles. The highest BCUT2D eigenvalue weighted by molar-refractivity contribution is 6.35. The summed E-state index contributed by atoms with van der Waals surface area (Å²) in [6.07, 6.45) is 0. The topological polar surface area (TPSA) is 77.5 Å². The summed E-state index contributed by atoms with van der Waals surface area (Å²) in [5.41, 5.74) is 2.22. The van der Waals surface area contributed by atoms with E-state index >= 15 is 0 Å². The molecule has 0 radical (unpaired) electrons. The summed E-state index contributed by atoms with van der Waals surface area (Å²) in [7, 11) is 4.68. The van der Waals surface area contributed by atoms with Crippen molar-refractivity contribution in [3.63, 3.8) is 0 Å². The summed E-state index contributed by atoms with van der Waals surface area (Å²) in [6.45, 7) is 2.26. The number of carbonyl (C=O) groups excluding carboxylic acids is 2. The molecule has 0 unspecified atom stereocenters. The van der Waals surface area contributed by atoms with Crippen molar-refractivity contribution in [1.29, 1.82) is 0 Å². The van der Waals surface area contributed by atoms with Gasteiger partial charge in [-0.3, -0.25) is 14.5 Å². The Balaban J connectivity index is 1.73. The average Bonchev–Trinajstić information content (AvgIpc) is 3.09. The van der Waals surface area contributed by atoms with Crippen molar-refractivity contribution in [1.82, 2.24) is 9.80 Å². The highest BCUT2D eigenvalue weighted by Gasteiger charge is 2.42. The number of hydrogen-bond acceptors (Lipinski definition) is 7. The van der Waals surface area contributed by atoms with Crippen molar-refractivity contribution in [3.05, 3.63) is 59.3 Å². The minimum Gasteiger partial charge on any atom is -0.497 e. The number of imide groups is 1. The standard InChI is InChI=1S/C24H26N2O6/c1-29-18-7-4-16(5-8-18)15-26-23(27)21(17-6-9-19(30-2)20(14-17)31-3)22(24(26)28)25-10-12-32-13-11-25/h4-9,14H,10-13,15H2,1-3H3. The first-order valence-corrected chi connectivity index (χ1v) is 10.4. The van der Waals surface area contributed by atoms with E-state index < -0.39 is 0 Å². The fourth-order valence-electron chi connectivity index (χ4n) is 3.95. The number of morpholine rings is 1. The van der Waals surface area contributed by atoms with Gasteiger partial charge in [0.05, 0.1) is 46.7 Å². The Bertz CT molecular complexity index is 1040. The number of nitrogens with zero attached hydrogens (tertiary/aromatic N) is 2. The summed E-state index contributed by atoms with van der Waals surface area (Å²) in [6, 6.07) is 12.6. The van der Waals surface area contributed by atoms with Crippen molar-refractivity contribution in [2.75, 3.05) is 47.6 Å². The minimum absolute atomic E-state index is 0.173. The molecule has 0 spiro atoms. The molecule has 0 saturated carbocycles. The number of hydrogen-bond donors (Lipinski definition) is 0. The number of carbonyl (C=O) groups is 2. The molecule has 4 rings (SSSR count). The molecule has 8 nitrogen and oxygen atoms in total. The first-order valence-electron chi connectivity index (χ1n) is 10.4. The second-order valence-electron chi connectivity index (χ2n) is 7.44. The van der Waals surface area contributed by atoms with Crippen molar-refractivity contribution < 1.29 is 28.5 Å². The molecule has 0 bridgehead atoms. The molecule has 32 heavy (non-hydrogen) atoms. The fourth-order valence-corrected chi connectivity index (χ4v) is 3.95. The largest absolute Gasteiger partial charge is 0.497 e. The van der Waals surface area contributed by atoms with E-state index in [1.807, 2.05) is 29.2 Å². The van der Waals surface area contributed by atoms with Crippen LogP contribution in [0, 0.1) is 0 Å². The van der Waals surface area contributed by atoms with Crippen molar-refractivity contribution >= 4 is 17.4 Å². The van der Waals surface area contributed by atoms with Crippen LogP contribution in [-0.4, -0.2) is 69.2 Å². The Kier molecular flexibility index (Phi) is 6.32. The molecule has 2 aliphatic heterocycles. The van der Waals surface area contributed by atoms with Gasteiger partial charge in [-0.2, -0.15) is 0 Å². The van der Waals surface area contributed by atoms with E-state index in [-0.39, 0.29) is 18.4 Å². The molecular formula is C24H26N2O6. The van der Waals surface area contributed by atoms with Gasteiger partial charge in [0.1, 0.15) is 11.4 Å². The van der Waals surface area contributed by atoms with Crippen LogP contribution in [-0.2, 0) is 20.9 Å². The fraction of sp³-hybridized carbons (Fsp3) is 0.333. The van der Waals surface area contributed by atoms with Crippen LogP contribution in [0.4, 0.5) is 0 Å². The van der Waals surface area contributed by atoms with Crippen molar-refractivity contribution in [2.24, 2.45) is 0 Å². The molecule has 2 aromatic rings. The second-order valence-corrected chi connectivity index (χ2v) is 7.44. The Hall–Kier alpha value is -3.52. The van der Waals surface area contributed by atoms with Crippen LogP contribution < -0.4 is 14.2 Å². The first-order chi connectivity index (χ1) is 15.6. The Labute approximate surface area is 186 Å². The lowest BCUT2D eigenvalue weighted by molar-refractivity contribution is -0.138. The van der Waals surface area contributed by atoms with Gasteiger partial charge in [0.2, 0.25) is 0 Å². The summed E-state index contributed by atoms with van der Waals surface area (Å²) in [4.78, 5) is 30.3. The van der Waals surface area contributed by atoms with Gasteiger partial charge < -0.3 is 23.8 Å². The van der Waals surface area contributed by atoms with Crippen LogP contribution in [0.2, 0.25) is 0 Å². The van der Waals surface area contributed by atoms with Crippen LogP contribution >= 0.6 is 0 Å². The summed E-state index contributed by atoms with van der Waals surface area (Å²) < 4.78 is 21.4. The Morgan fingerprint density at radius 1 is 0.844 bits per heavy atom. The monoisotopic (exact) mass is 438 g/mol. The number of ether oxygens (including phenoxy) is 4. The van der Waals surface area contributed by atoms with Gasteiger partial charge in [0.15, 0.2) is 11.5 Å². The number of methoxy groups -OCH3 is 3. The lowest BCUT2D eigenvalue weighted by Crippen LogP contribution is -2.40. The first kappa shape index (κ1) is 21.7. The van der Waals surface area contributed by atoms with Gasteiger partial charge in [-0.05, 0) is 35.4 Å². The van der Waals surface area contributed by atoms with Crippen molar-refractivity contribution in [2.45, 2.75) is 6.54 Å². The minimum atomic E-state index is -0.334. The van der Waals surface area contributed by atoms with Crippen LogP contribution in [0.3, 0.4) is 0 Å². The SMILES string of the molecule is COc1ccc(CN2C(=O)C(c3ccc(OC)c(OC)c3)=C(N3CCOCC3)C2=O)cc1. The van der Waals surface area contributed by atoms with Gasteiger partial charge in [-0.25, -0.2) is 0 Å². The maximum absolute atomic E-state index is 13.5. The van der Waals surface area contributed by atoms with Crippen LogP contribution in [0.15, 0.2) is 48.2 Å². The Morgan fingerprint density at radius 3 is 2.16 bits per heavy atom. The predicted molar refractivity (Wildman–Crippen MR) is 117 cm³/mol. The van der Waals surface area contributed by atoms with E-state index in [2.05, 4.69) is 0 Å². The molecule has 0 atom stereocenters. The van der Waals surface area contributed by atoms with E-state index in [0.29, 0.717) is 60.4 Å². The van der Waals surface area contributed by atoms with Gasteiger partial charge in [0.25, 0.3) is 11.8 Å². The number of amides is 2. The molecule has 2 aromatic carbocycles.